The van der Waals surface area contributed by atoms with Crippen LogP contribution >= 0.6 is 0 Å². The number of sulfonamides is 1. The van der Waals surface area contributed by atoms with Crippen LogP contribution in [0, 0.1) is 0 Å². The van der Waals surface area contributed by atoms with Gasteiger partial charge >= 0.3 is 5.97 Å². The van der Waals surface area contributed by atoms with Crippen molar-refractivity contribution in [3.8, 4) is 0 Å². The lowest BCUT2D eigenvalue weighted by Crippen LogP contribution is -2.39. The number of carbonyl (C=O) groups excluding carboxylic acids is 1. The normalized spacial score (nSPS) is 20.2. The number of hydrogen-bond donors (Lipinski definition) is 3. The van der Waals surface area contributed by atoms with Crippen LogP contribution in [0.4, 0.5) is 0 Å². The Morgan fingerprint density at radius 1 is 1.53 bits per heavy atom. The van der Waals surface area contributed by atoms with Crippen LogP contribution in [-0.4, -0.2) is 43.7 Å². The first-order chi connectivity index (χ1) is 7.89. The molecule has 1 saturated heterocycles. The molecule has 0 spiro atoms. The van der Waals surface area contributed by atoms with Crippen LogP contribution < -0.4 is 10.0 Å². The second kappa shape index (κ2) is 5.97. The molecule has 1 aliphatic rings. The van der Waals surface area contributed by atoms with E-state index in [1.807, 2.05) is 0 Å². The highest BCUT2D eigenvalue weighted by atomic mass is 32.2. The van der Waals surface area contributed by atoms with Crippen LogP contribution in [0.15, 0.2) is 0 Å². The van der Waals surface area contributed by atoms with Crippen molar-refractivity contribution in [2.24, 2.45) is 0 Å². The van der Waals surface area contributed by atoms with E-state index in [9.17, 15) is 18.0 Å². The smallest absolute Gasteiger partial charge is 0.303 e. The number of hydrogen-bond acceptors (Lipinski definition) is 4. The molecule has 0 aliphatic carbocycles. The minimum absolute atomic E-state index is 0.0694. The lowest BCUT2D eigenvalue weighted by Gasteiger charge is -2.11. The Morgan fingerprint density at radius 2 is 2.24 bits per heavy atom. The van der Waals surface area contributed by atoms with Crippen molar-refractivity contribution in [2.75, 3.05) is 12.3 Å². The molecule has 1 atom stereocenters. The standard InChI is InChI=1S/C9H16N2O5S/c12-8-4-3-7(11-8)6-10-17(15,16)5-1-2-9(13)14/h7,10H,1-6H2,(H,11,12)(H,13,14). The third-order valence-corrected chi connectivity index (χ3v) is 3.87. The first-order valence-corrected chi connectivity index (χ1v) is 7.03. The SMILES string of the molecule is O=C(O)CCCS(=O)(=O)NCC1CCC(=O)N1. The van der Waals surface area contributed by atoms with Gasteiger partial charge in [0, 0.05) is 25.4 Å². The number of carboxylic acids is 1. The number of rotatable bonds is 7. The van der Waals surface area contributed by atoms with E-state index in [0.717, 1.165) is 0 Å². The van der Waals surface area contributed by atoms with Crippen LogP contribution in [0.1, 0.15) is 25.7 Å². The van der Waals surface area contributed by atoms with Gasteiger partial charge in [0.2, 0.25) is 15.9 Å². The van der Waals surface area contributed by atoms with Crippen LogP contribution in [0.5, 0.6) is 0 Å². The third kappa shape index (κ3) is 5.64. The van der Waals surface area contributed by atoms with Crippen LogP contribution in [-0.2, 0) is 19.6 Å². The van der Waals surface area contributed by atoms with E-state index in [1.54, 1.807) is 0 Å². The summed E-state index contributed by atoms with van der Waals surface area (Å²) in [5.74, 6) is -1.29. The zero-order valence-electron chi connectivity index (χ0n) is 9.31. The average molecular weight is 264 g/mol. The zero-order valence-corrected chi connectivity index (χ0v) is 10.1. The molecule has 8 heteroatoms. The van der Waals surface area contributed by atoms with Gasteiger partial charge in [-0.2, -0.15) is 0 Å². The van der Waals surface area contributed by atoms with Crippen molar-refractivity contribution in [1.29, 1.82) is 0 Å². The first kappa shape index (κ1) is 13.9. The van der Waals surface area contributed by atoms with Gasteiger partial charge in [-0.05, 0) is 12.8 Å². The molecule has 1 unspecified atom stereocenters. The fourth-order valence-electron chi connectivity index (χ4n) is 1.54. The molecule has 0 aromatic heterocycles. The topological polar surface area (TPSA) is 113 Å². The van der Waals surface area contributed by atoms with Gasteiger partial charge in [-0.3, -0.25) is 9.59 Å². The monoisotopic (exact) mass is 264 g/mol. The summed E-state index contributed by atoms with van der Waals surface area (Å²) >= 11 is 0. The maximum atomic E-state index is 11.4. The molecule has 1 amide bonds. The lowest BCUT2D eigenvalue weighted by molar-refractivity contribution is -0.137. The van der Waals surface area contributed by atoms with E-state index in [4.69, 9.17) is 5.11 Å². The van der Waals surface area contributed by atoms with Crippen LogP contribution in [0.3, 0.4) is 0 Å². The molecular weight excluding hydrogens is 248 g/mol. The first-order valence-electron chi connectivity index (χ1n) is 5.37. The number of nitrogens with one attached hydrogen (secondary N) is 2. The van der Waals surface area contributed by atoms with Gasteiger partial charge in [-0.15, -0.1) is 0 Å². The predicted molar refractivity (Wildman–Crippen MR) is 59.8 cm³/mol. The fraction of sp³-hybridized carbons (Fsp3) is 0.778. The summed E-state index contributed by atoms with van der Waals surface area (Å²) in [6, 6.07) is -0.156. The summed E-state index contributed by atoms with van der Waals surface area (Å²) < 4.78 is 25.2. The van der Waals surface area contributed by atoms with Crippen molar-refractivity contribution < 1.29 is 23.1 Å². The maximum Gasteiger partial charge on any atom is 0.303 e. The predicted octanol–water partition coefficient (Wildman–Crippen LogP) is -0.951. The molecule has 1 fully saturated rings. The molecule has 7 nitrogen and oxygen atoms in total. The van der Waals surface area contributed by atoms with Gasteiger partial charge in [-0.1, -0.05) is 0 Å². The molecule has 0 saturated carbocycles. The van der Waals surface area contributed by atoms with E-state index in [1.165, 1.54) is 0 Å². The Kier molecular flexibility index (Phi) is 4.88. The minimum atomic E-state index is -3.45. The molecule has 0 aromatic rings. The van der Waals surface area contributed by atoms with Gasteiger partial charge in [0.1, 0.15) is 0 Å². The lowest BCUT2D eigenvalue weighted by atomic mass is 10.2. The Morgan fingerprint density at radius 3 is 2.76 bits per heavy atom. The summed E-state index contributed by atoms with van der Waals surface area (Å²) in [4.78, 5) is 21.1. The van der Waals surface area contributed by atoms with Gasteiger partial charge in [0.25, 0.3) is 0 Å². The molecule has 1 aliphatic heterocycles. The molecule has 0 bridgehead atoms. The van der Waals surface area contributed by atoms with E-state index in [0.29, 0.717) is 12.8 Å². The molecule has 1 heterocycles. The summed E-state index contributed by atoms with van der Waals surface area (Å²) in [5.41, 5.74) is 0. The molecule has 0 aromatic carbocycles. The van der Waals surface area contributed by atoms with Gasteiger partial charge in [-0.25, -0.2) is 13.1 Å². The third-order valence-electron chi connectivity index (χ3n) is 2.44. The van der Waals surface area contributed by atoms with Crippen molar-refractivity contribution in [3.63, 3.8) is 0 Å². The van der Waals surface area contributed by atoms with Crippen LogP contribution in [0.25, 0.3) is 0 Å². The second-order valence-electron chi connectivity index (χ2n) is 3.97. The highest BCUT2D eigenvalue weighted by Gasteiger charge is 2.22. The number of carboxylic acid groups (broad SMARTS) is 1. The number of amides is 1. The molecule has 1 rings (SSSR count). The van der Waals surface area contributed by atoms with Gasteiger partial charge in [0.15, 0.2) is 0 Å². The quantitative estimate of drug-likeness (QED) is 0.548. The summed E-state index contributed by atoms with van der Waals surface area (Å²) in [5, 5.41) is 11.0. The van der Waals surface area contributed by atoms with Crippen LogP contribution in [0.2, 0.25) is 0 Å². The second-order valence-corrected chi connectivity index (χ2v) is 5.89. The number of carbonyl (C=O) groups is 2. The maximum absolute atomic E-state index is 11.4. The van der Waals surface area contributed by atoms with Crippen molar-refractivity contribution >= 4 is 21.9 Å². The Bertz CT molecular complexity index is 392. The fourth-order valence-corrected chi connectivity index (χ4v) is 2.67. The van der Waals surface area contributed by atoms with Crippen molar-refractivity contribution in [2.45, 2.75) is 31.7 Å². The average Bonchev–Trinajstić information content (AvgIpc) is 2.61. The summed E-state index contributed by atoms with van der Waals surface area (Å²) in [6.45, 7) is 0.168. The Labute approximate surface area is 99.6 Å². The molecule has 98 valence electrons. The Balaban J connectivity index is 2.24. The zero-order chi connectivity index (χ0) is 12.9. The van der Waals surface area contributed by atoms with Crippen molar-refractivity contribution in [1.82, 2.24) is 10.0 Å². The van der Waals surface area contributed by atoms with Gasteiger partial charge in [0.05, 0.1) is 5.75 Å². The van der Waals surface area contributed by atoms with E-state index >= 15 is 0 Å². The highest BCUT2D eigenvalue weighted by molar-refractivity contribution is 7.89. The highest BCUT2D eigenvalue weighted by Crippen LogP contribution is 2.05. The molecule has 17 heavy (non-hydrogen) atoms. The van der Waals surface area contributed by atoms with E-state index < -0.39 is 16.0 Å². The number of aliphatic carboxylic acids is 1. The van der Waals surface area contributed by atoms with E-state index in [2.05, 4.69) is 10.0 Å². The Hall–Kier alpha value is -1.15. The largest absolute Gasteiger partial charge is 0.481 e. The molecular formula is C9H16N2O5S. The van der Waals surface area contributed by atoms with Crippen molar-refractivity contribution in [3.05, 3.63) is 0 Å². The summed E-state index contributed by atoms with van der Waals surface area (Å²) in [7, 11) is -3.45. The minimum Gasteiger partial charge on any atom is -0.481 e. The van der Waals surface area contributed by atoms with E-state index in [-0.39, 0.29) is 37.1 Å². The summed E-state index contributed by atoms with van der Waals surface area (Å²) in [6.07, 6.45) is 0.963. The van der Waals surface area contributed by atoms with Gasteiger partial charge < -0.3 is 10.4 Å². The molecule has 3 N–H and O–H groups in total. The molecule has 0 radical (unpaired) electrons.